The molecule has 206 valence electrons. The number of aromatic amines is 1. The number of carbonyl (C=O) groups is 1. The number of thioether (sulfide) groups is 1. The maximum absolute atomic E-state index is 13.6. The Balaban J connectivity index is 1.37. The summed E-state index contributed by atoms with van der Waals surface area (Å²) >= 11 is 1.50. The minimum absolute atomic E-state index is 0.161. The average Bonchev–Trinajstić information content (AvgIpc) is 3.52. The molecule has 1 amide bonds. The molecule has 4 aromatic rings. The van der Waals surface area contributed by atoms with Crippen LogP contribution in [-0.4, -0.2) is 42.2 Å². The molecule has 1 saturated carbocycles. The molecule has 5 rings (SSSR count). The van der Waals surface area contributed by atoms with Crippen molar-refractivity contribution in [2.24, 2.45) is 5.92 Å². The summed E-state index contributed by atoms with van der Waals surface area (Å²) in [5.41, 5.74) is 3.06. The maximum atomic E-state index is 13.6. The summed E-state index contributed by atoms with van der Waals surface area (Å²) in [7, 11) is 0. The predicted octanol–water partition coefficient (Wildman–Crippen LogP) is 4.98. The average molecular weight is 548 g/mol. The Hall–Kier alpha value is -3.30. The number of amides is 1. The molecule has 3 N–H and O–H groups in total. The summed E-state index contributed by atoms with van der Waals surface area (Å²) in [5, 5.41) is 19.4. The molecule has 0 unspecified atom stereocenters. The molecule has 0 bridgehead atoms. The first-order chi connectivity index (χ1) is 18.7. The molecule has 1 aromatic carbocycles. The number of benzene rings is 1. The predicted molar refractivity (Wildman–Crippen MR) is 155 cm³/mol. The highest BCUT2D eigenvalue weighted by Crippen LogP contribution is 2.41. The molecule has 8 nitrogen and oxygen atoms in total. The fraction of sp³-hybridized carbons (Fsp3) is 0.433. The number of pyridine rings is 1. The topological polar surface area (TPSA) is 105 Å². The standard InChI is InChI=1S/C30H37N5O3S/c1-19-16-26(39-4)24(28(36)33-19)17-31-29(37)27-21(3)35(25-9-6-5-8-23(25)27)20(2)22-10-12-30(38,13-11-22)18-34-15-7-14-32-34/h5-9,14-16,20,22,38H,10-13,17-18H2,1-4H3,(H,31,37)(H,33,36)/t20-,22?,30?/m1/s1. The number of aromatic nitrogens is 4. The molecule has 1 atom stereocenters. The van der Waals surface area contributed by atoms with Crippen LogP contribution >= 0.6 is 11.8 Å². The van der Waals surface area contributed by atoms with Gasteiger partial charge in [0.25, 0.3) is 11.5 Å². The number of fused-ring (bicyclic) bond motifs is 1. The monoisotopic (exact) mass is 547 g/mol. The van der Waals surface area contributed by atoms with Crippen LogP contribution in [0.25, 0.3) is 10.9 Å². The molecule has 0 radical (unpaired) electrons. The van der Waals surface area contributed by atoms with Crippen molar-refractivity contribution in [3.8, 4) is 0 Å². The second kappa shape index (κ2) is 11.1. The van der Waals surface area contributed by atoms with Gasteiger partial charge in [0.15, 0.2) is 0 Å². The Morgan fingerprint density at radius 2 is 2.00 bits per heavy atom. The smallest absolute Gasteiger partial charge is 0.254 e. The van der Waals surface area contributed by atoms with Gasteiger partial charge in [0.05, 0.1) is 17.7 Å². The molecule has 0 aliphatic heterocycles. The summed E-state index contributed by atoms with van der Waals surface area (Å²) < 4.78 is 4.10. The quantitative estimate of drug-likeness (QED) is 0.270. The second-order valence-corrected chi connectivity index (χ2v) is 11.7. The van der Waals surface area contributed by atoms with E-state index in [2.05, 4.69) is 33.0 Å². The Labute approximate surface area is 232 Å². The van der Waals surface area contributed by atoms with Crippen molar-refractivity contribution < 1.29 is 9.90 Å². The number of carbonyl (C=O) groups excluding carboxylic acids is 1. The largest absolute Gasteiger partial charge is 0.388 e. The van der Waals surface area contributed by atoms with Gasteiger partial charge in [0, 0.05) is 57.7 Å². The van der Waals surface area contributed by atoms with Gasteiger partial charge in [-0.3, -0.25) is 14.3 Å². The third-order valence-corrected chi connectivity index (χ3v) is 9.13. The third kappa shape index (κ3) is 5.43. The van der Waals surface area contributed by atoms with E-state index in [0.717, 1.165) is 52.9 Å². The van der Waals surface area contributed by atoms with Gasteiger partial charge in [-0.2, -0.15) is 5.10 Å². The fourth-order valence-electron chi connectivity index (χ4n) is 6.22. The second-order valence-electron chi connectivity index (χ2n) is 10.9. The Bertz CT molecular complexity index is 1530. The van der Waals surface area contributed by atoms with Gasteiger partial charge >= 0.3 is 0 Å². The van der Waals surface area contributed by atoms with Crippen molar-refractivity contribution in [2.75, 3.05) is 6.26 Å². The van der Waals surface area contributed by atoms with E-state index >= 15 is 0 Å². The summed E-state index contributed by atoms with van der Waals surface area (Å²) in [5.74, 6) is 0.197. The summed E-state index contributed by atoms with van der Waals surface area (Å²) in [6, 6.07) is 12.0. The number of hydrogen-bond acceptors (Lipinski definition) is 5. The van der Waals surface area contributed by atoms with E-state index in [0.29, 0.717) is 23.6 Å². The third-order valence-electron chi connectivity index (χ3n) is 8.32. The first kappa shape index (κ1) is 27.3. The molecule has 0 saturated heterocycles. The van der Waals surface area contributed by atoms with Crippen LogP contribution in [0.15, 0.2) is 58.5 Å². The minimum Gasteiger partial charge on any atom is -0.388 e. The molecule has 9 heteroatoms. The Kier molecular flexibility index (Phi) is 7.73. The lowest BCUT2D eigenvalue weighted by Crippen LogP contribution is -2.40. The summed E-state index contributed by atoms with van der Waals surface area (Å²) in [4.78, 5) is 29.9. The van der Waals surface area contributed by atoms with E-state index in [1.807, 2.05) is 61.3 Å². The Morgan fingerprint density at radius 1 is 1.26 bits per heavy atom. The van der Waals surface area contributed by atoms with Crippen LogP contribution in [-0.2, 0) is 13.1 Å². The van der Waals surface area contributed by atoms with Crippen LogP contribution in [0.1, 0.15) is 66.0 Å². The normalized spacial score (nSPS) is 20.3. The number of para-hydroxylation sites is 1. The van der Waals surface area contributed by atoms with Crippen molar-refractivity contribution in [2.45, 2.75) is 76.1 Å². The molecular weight excluding hydrogens is 510 g/mol. The van der Waals surface area contributed by atoms with Crippen LogP contribution in [0.2, 0.25) is 0 Å². The van der Waals surface area contributed by atoms with Crippen LogP contribution in [0.4, 0.5) is 0 Å². The first-order valence-corrected chi connectivity index (χ1v) is 14.8. The Morgan fingerprint density at radius 3 is 2.69 bits per heavy atom. The maximum Gasteiger partial charge on any atom is 0.254 e. The molecule has 1 aliphatic rings. The molecule has 1 aliphatic carbocycles. The summed E-state index contributed by atoms with van der Waals surface area (Å²) in [6.45, 7) is 6.76. The van der Waals surface area contributed by atoms with Crippen LogP contribution in [0.3, 0.4) is 0 Å². The van der Waals surface area contributed by atoms with Crippen molar-refractivity contribution in [1.82, 2.24) is 24.6 Å². The number of aryl methyl sites for hydroxylation is 1. The zero-order valence-corrected chi connectivity index (χ0v) is 23.8. The van der Waals surface area contributed by atoms with Crippen LogP contribution in [0.5, 0.6) is 0 Å². The zero-order chi connectivity index (χ0) is 27.7. The van der Waals surface area contributed by atoms with Crippen molar-refractivity contribution in [1.29, 1.82) is 0 Å². The number of aliphatic hydroxyl groups is 1. The lowest BCUT2D eigenvalue weighted by molar-refractivity contribution is -0.0313. The van der Waals surface area contributed by atoms with Gasteiger partial charge < -0.3 is 20.0 Å². The fourth-order valence-corrected chi connectivity index (χ4v) is 6.93. The number of H-pyrrole nitrogens is 1. The highest BCUT2D eigenvalue weighted by molar-refractivity contribution is 7.98. The molecular formula is C30H37N5O3S. The van der Waals surface area contributed by atoms with Gasteiger partial charge in [0.2, 0.25) is 0 Å². The number of rotatable bonds is 8. The lowest BCUT2D eigenvalue weighted by atomic mass is 9.76. The SMILES string of the molecule is CSc1cc(C)[nH]c(=O)c1CNC(=O)c1c(C)n([C@H](C)C2CCC(O)(Cn3cccn3)CC2)c2ccccc12. The van der Waals surface area contributed by atoms with Crippen molar-refractivity contribution in [3.05, 3.63) is 81.7 Å². The highest BCUT2D eigenvalue weighted by atomic mass is 32.2. The van der Waals surface area contributed by atoms with E-state index in [1.165, 1.54) is 11.8 Å². The van der Waals surface area contributed by atoms with Gasteiger partial charge in [-0.15, -0.1) is 11.8 Å². The first-order valence-electron chi connectivity index (χ1n) is 13.5. The van der Waals surface area contributed by atoms with Gasteiger partial charge in [-0.1, -0.05) is 18.2 Å². The van der Waals surface area contributed by atoms with E-state index in [1.54, 1.807) is 6.20 Å². The van der Waals surface area contributed by atoms with E-state index in [-0.39, 0.29) is 24.1 Å². The van der Waals surface area contributed by atoms with Gasteiger partial charge in [-0.05, 0) is 76.8 Å². The number of hydrogen-bond donors (Lipinski definition) is 3. The molecule has 0 spiro atoms. The van der Waals surface area contributed by atoms with E-state index in [9.17, 15) is 14.7 Å². The molecule has 39 heavy (non-hydrogen) atoms. The molecule has 3 aromatic heterocycles. The molecule has 1 fully saturated rings. The van der Waals surface area contributed by atoms with Gasteiger partial charge in [0.1, 0.15) is 0 Å². The number of nitrogens with one attached hydrogen (secondary N) is 2. The van der Waals surface area contributed by atoms with E-state index in [4.69, 9.17) is 0 Å². The van der Waals surface area contributed by atoms with Crippen LogP contribution in [0, 0.1) is 19.8 Å². The zero-order valence-electron chi connectivity index (χ0n) is 23.0. The van der Waals surface area contributed by atoms with Crippen molar-refractivity contribution >= 4 is 28.6 Å². The minimum atomic E-state index is -0.745. The lowest BCUT2D eigenvalue weighted by Gasteiger charge is -2.39. The number of nitrogens with zero attached hydrogens (tertiary/aromatic N) is 3. The molecule has 3 heterocycles. The van der Waals surface area contributed by atoms with E-state index < -0.39 is 5.60 Å². The highest BCUT2D eigenvalue weighted by Gasteiger charge is 2.37. The van der Waals surface area contributed by atoms with Crippen LogP contribution < -0.4 is 10.9 Å². The summed E-state index contributed by atoms with van der Waals surface area (Å²) in [6.07, 6.45) is 8.81. The van der Waals surface area contributed by atoms with Gasteiger partial charge in [-0.25, -0.2) is 0 Å². The van der Waals surface area contributed by atoms with Crippen molar-refractivity contribution in [3.63, 3.8) is 0 Å².